The van der Waals surface area contributed by atoms with Gasteiger partial charge < -0.3 is 14.2 Å². The van der Waals surface area contributed by atoms with Crippen molar-refractivity contribution in [3.8, 4) is 5.82 Å². The number of fused-ring (bicyclic) bond motifs is 2. The van der Waals surface area contributed by atoms with E-state index < -0.39 is 11.9 Å². The molecule has 5 rings (SSSR count). The maximum absolute atomic E-state index is 12.9. The molecule has 0 saturated carbocycles. The maximum Gasteiger partial charge on any atom is 0.351 e. The van der Waals surface area contributed by atoms with Crippen LogP contribution in [0.15, 0.2) is 28.2 Å². The summed E-state index contributed by atoms with van der Waals surface area (Å²) in [6, 6.07) is -0.108. The molecule has 0 radical (unpaired) electrons. The fourth-order valence-electron chi connectivity index (χ4n) is 4.61. The van der Waals surface area contributed by atoms with Gasteiger partial charge >= 0.3 is 5.69 Å². The molecule has 2 aliphatic rings. The summed E-state index contributed by atoms with van der Waals surface area (Å²) in [5.41, 5.74) is 0.00453. The predicted octanol–water partition coefficient (Wildman–Crippen LogP) is 1.03. The lowest BCUT2D eigenvalue weighted by atomic mass is 9.88. The zero-order valence-electron chi connectivity index (χ0n) is 16.7. The molecular formula is C18H22N8O3. The van der Waals surface area contributed by atoms with Crippen molar-refractivity contribution < 1.29 is 9.26 Å². The van der Waals surface area contributed by atoms with Gasteiger partial charge in [0.15, 0.2) is 12.0 Å². The fraction of sp³-hybridized carbons (Fsp3) is 0.556. The summed E-state index contributed by atoms with van der Waals surface area (Å²) in [7, 11) is 0. The number of morpholine rings is 1. The first-order valence-electron chi connectivity index (χ1n) is 9.63. The Morgan fingerprint density at radius 1 is 1.31 bits per heavy atom. The van der Waals surface area contributed by atoms with Gasteiger partial charge in [-0.25, -0.2) is 14.5 Å². The molecular weight excluding hydrogens is 376 g/mol. The second kappa shape index (κ2) is 6.21. The molecule has 11 heteroatoms. The van der Waals surface area contributed by atoms with Crippen molar-refractivity contribution in [2.24, 2.45) is 5.92 Å². The second-order valence-corrected chi connectivity index (χ2v) is 7.72. The average molecular weight is 398 g/mol. The van der Waals surface area contributed by atoms with Gasteiger partial charge in [-0.2, -0.15) is 15.1 Å². The van der Waals surface area contributed by atoms with Gasteiger partial charge in [0, 0.05) is 24.6 Å². The Balaban J connectivity index is 1.58. The van der Waals surface area contributed by atoms with Gasteiger partial charge in [-0.3, -0.25) is 4.57 Å². The van der Waals surface area contributed by atoms with E-state index in [-0.39, 0.29) is 17.6 Å². The molecule has 3 aromatic rings. The summed E-state index contributed by atoms with van der Waals surface area (Å²) in [5, 5.41) is 8.17. The summed E-state index contributed by atoms with van der Waals surface area (Å²) >= 11 is 0. The normalized spacial score (nSPS) is 28.4. The number of aromatic nitrogens is 7. The van der Waals surface area contributed by atoms with E-state index in [0.29, 0.717) is 24.2 Å². The second-order valence-electron chi connectivity index (χ2n) is 7.72. The van der Waals surface area contributed by atoms with Crippen molar-refractivity contribution in [1.29, 1.82) is 0 Å². The van der Waals surface area contributed by atoms with Crippen LogP contribution < -0.4 is 10.6 Å². The monoisotopic (exact) mass is 398 g/mol. The molecule has 0 N–H and O–H groups in total. The van der Waals surface area contributed by atoms with Crippen LogP contribution in [0.4, 0.5) is 5.95 Å². The Kier molecular flexibility index (Phi) is 3.85. The zero-order chi connectivity index (χ0) is 20.3. The summed E-state index contributed by atoms with van der Waals surface area (Å²) in [6.45, 7) is 8.55. The highest BCUT2D eigenvalue weighted by Crippen LogP contribution is 2.52. The zero-order valence-corrected chi connectivity index (χ0v) is 16.7. The third-order valence-corrected chi connectivity index (χ3v) is 6.18. The van der Waals surface area contributed by atoms with Crippen molar-refractivity contribution in [2.45, 2.75) is 52.0 Å². The third kappa shape index (κ3) is 2.53. The number of aryl methyl sites for hydroxylation is 2. The van der Waals surface area contributed by atoms with Crippen LogP contribution in [0.5, 0.6) is 0 Å². The van der Waals surface area contributed by atoms with E-state index in [4.69, 9.17) is 9.26 Å². The molecule has 0 aliphatic carbocycles. The summed E-state index contributed by atoms with van der Waals surface area (Å²) in [5.74, 6) is 1.67. The molecule has 29 heavy (non-hydrogen) atoms. The average Bonchev–Trinajstić information content (AvgIpc) is 3.48. The first-order valence-corrected chi connectivity index (χ1v) is 9.63. The standard InChI is InChI=1S/C18H22N8O3/c1-5-18-7-25(16-21-12(4)29-23-16)13(11(18)3)15(28-18)24-6-10(2)14(22-17(24)27)26-9-19-8-20-26/h6,8-9,11,13,15H,5,7H2,1-4H3/t11-,13+,15+,18-/m0/s1. The number of hydrogen-bond donors (Lipinski definition) is 0. The van der Waals surface area contributed by atoms with Crippen molar-refractivity contribution in [3.63, 3.8) is 0 Å². The number of anilines is 1. The Morgan fingerprint density at radius 3 is 2.76 bits per heavy atom. The van der Waals surface area contributed by atoms with Crippen LogP contribution in [0.2, 0.25) is 0 Å². The van der Waals surface area contributed by atoms with Crippen LogP contribution in [0, 0.1) is 19.8 Å². The van der Waals surface area contributed by atoms with Gasteiger partial charge in [-0.15, -0.1) is 0 Å². The van der Waals surface area contributed by atoms with Crippen LogP contribution in [0.3, 0.4) is 0 Å². The molecule has 0 amide bonds. The van der Waals surface area contributed by atoms with Crippen LogP contribution in [0.1, 0.15) is 38.0 Å². The van der Waals surface area contributed by atoms with E-state index in [1.54, 1.807) is 17.7 Å². The first-order chi connectivity index (χ1) is 13.9. The molecule has 3 aromatic heterocycles. The minimum atomic E-state index is -0.499. The molecule has 2 aliphatic heterocycles. The van der Waals surface area contributed by atoms with Crippen LogP contribution >= 0.6 is 0 Å². The molecule has 152 valence electrons. The smallest absolute Gasteiger partial charge is 0.347 e. The van der Waals surface area contributed by atoms with Crippen molar-refractivity contribution in [2.75, 3.05) is 11.4 Å². The molecule has 0 spiro atoms. The summed E-state index contributed by atoms with van der Waals surface area (Å²) in [4.78, 5) is 27.6. The maximum atomic E-state index is 12.9. The minimum Gasteiger partial charge on any atom is -0.347 e. The van der Waals surface area contributed by atoms with Crippen molar-refractivity contribution in [1.82, 2.24) is 34.5 Å². The Labute approximate surface area is 166 Å². The van der Waals surface area contributed by atoms with Crippen LogP contribution in [-0.4, -0.2) is 52.6 Å². The molecule has 2 bridgehead atoms. The molecule has 4 atom stereocenters. The molecule has 2 saturated heterocycles. The quantitative estimate of drug-likeness (QED) is 0.635. The van der Waals surface area contributed by atoms with E-state index in [9.17, 15) is 4.79 Å². The predicted molar refractivity (Wildman–Crippen MR) is 101 cm³/mol. The van der Waals surface area contributed by atoms with E-state index in [0.717, 1.165) is 12.0 Å². The molecule has 11 nitrogen and oxygen atoms in total. The molecule has 0 unspecified atom stereocenters. The molecule has 0 aromatic carbocycles. The van der Waals surface area contributed by atoms with E-state index in [2.05, 4.69) is 44.0 Å². The number of ether oxygens (including phenoxy) is 1. The largest absolute Gasteiger partial charge is 0.351 e. The highest BCUT2D eigenvalue weighted by molar-refractivity contribution is 5.39. The Hall–Kier alpha value is -3.08. The number of nitrogens with zero attached hydrogens (tertiary/aromatic N) is 8. The molecule has 2 fully saturated rings. The SMILES string of the molecule is CC[C@@]12CN(c3noc(C)n3)[C@@H]([C@H](n3cc(C)c(-n4cncn4)nc3=O)O1)[C@@H]2C. The lowest BCUT2D eigenvalue weighted by molar-refractivity contribution is -0.0952. The van der Waals surface area contributed by atoms with Gasteiger partial charge in [-0.05, 0) is 18.5 Å². The third-order valence-electron chi connectivity index (χ3n) is 6.18. The van der Waals surface area contributed by atoms with Gasteiger partial charge in [0.1, 0.15) is 12.7 Å². The van der Waals surface area contributed by atoms with Crippen molar-refractivity contribution >= 4 is 5.95 Å². The fourth-order valence-corrected chi connectivity index (χ4v) is 4.61. The first kappa shape index (κ1) is 18.0. The van der Waals surface area contributed by atoms with Gasteiger partial charge in [-0.1, -0.05) is 13.8 Å². The van der Waals surface area contributed by atoms with Gasteiger partial charge in [0.05, 0.1) is 18.2 Å². The van der Waals surface area contributed by atoms with Gasteiger partial charge in [0.25, 0.3) is 5.95 Å². The van der Waals surface area contributed by atoms with E-state index in [1.807, 2.05) is 6.92 Å². The number of rotatable bonds is 4. The number of hydrogen-bond acceptors (Lipinski definition) is 9. The Bertz CT molecular complexity index is 1110. The lowest BCUT2D eigenvalue weighted by Gasteiger charge is -2.37. The highest BCUT2D eigenvalue weighted by atomic mass is 16.5. The van der Waals surface area contributed by atoms with Crippen molar-refractivity contribution in [3.05, 3.63) is 40.8 Å². The van der Waals surface area contributed by atoms with E-state index >= 15 is 0 Å². The minimum absolute atomic E-state index is 0.108. The molecule has 5 heterocycles. The summed E-state index contributed by atoms with van der Waals surface area (Å²) < 4.78 is 14.7. The highest BCUT2D eigenvalue weighted by Gasteiger charge is 2.62. The lowest BCUT2D eigenvalue weighted by Crippen LogP contribution is -2.48. The topological polar surface area (TPSA) is 117 Å². The van der Waals surface area contributed by atoms with Gasteiger partial charge in [0.2, 0.25) is 5.89 Å². The Morgan fingerprint density at radius 2 is 2.14 bits per heavy atom. The van der Waals surface area contributed by atoms with E-state index in [1.165, 1.54) is 17.3 Å². The summed E-state index contributed by atoms with van der Waals surface area (Å²) in [6.07, 6.45) is 5.01. The van der Waals surface area contributed by atoms with Crippen LogP contribution in [0.25, 0.3) is 5.82 Å². The van der Waals surface area contributed by atoms with Crippen LogP contribution in [-0.2, 0) is 4.74 Å².